The van der Waals surface area contributed by atoms with Crippen LogP contribution in [-0.2, 0) is 9.53 Å². The van der Waals surface area contributed by atoms with Gasteiger partial charge in [0.15, 0.2) is 0 Å². The van der Waals surface area contributed by atoms with Gasteiger partial charge in [0.1, 0.15) is 0 Å². The van der Waals surface area contributed by atoms with Gasteiger partial charge in [0.2, 0.25) is 0 Å². The molecule has 0 saturated carbocycles. The Labute approximate surface area is 84.3 Å². The summed E-state index contributed by atoms with van der Waals surface area (Å²) >= 11 is 5.38. The Hall–Kier alpha value is -0.540. The fraction of sp³-hybridized carbons (Fsp3) is 0.667. The van der Waals surface area contributed by atoms with E-state index in [0.717, 1.165) is 6.54 Å². The van der Waals surface area contributed by atoms with Crippen LogP contribution in [0, 0.1) is 0 Å². The van der Waals surface area contributed by atoms with Gasteiger partial charge in [-0.1, -0.05) is 24.6 Å². The molecule has 0 aliphatic rings. The van der Waals surface area contributed by atoms with E-state index in [1.54, 1.807) is 13.0 Å². The van der Waals surface area contributed by atoms with Crippen LogP contribution in [0.5, 0.6) is 0 Å². The lowest BCUT2D eigenvalue weighted by atomic mass is 10.4. The van der Waals surface area contributed by atoms with Crippen molar-refractivity contribution < 1.29 is 9.53 Å². The first-order chi connectivity index (χ1) is 6.24. The van der Waals surface area contributed by atoms with Crippen LogP contribution in [-0.4, -0.2) is 37.1 Å². The van der Waals surface area contributed by atoms with Crippen LogP contribution in [0.15, 0.2) is 11.6 Å². The van der Waals surface area contributed by atoms with E-state index in [1.807, 2.05) is 11.8 Å². The maximum atomic E-state index is 11.1. The summed E-state index contributed by atoms with van der Waals surface area (Å²) < 4.78 is 4.82. The Morgan fingerprint density at radius 2 is 2.23 bits per heavy atom. The lowest BCUT2D eigenvalue weighted by molar-refractivity contribution is -0.144. The van der Waals surface area contributed by atoms with E-state index in [-0.39, 0.29) is 5.97 Å². The molecule has 0 bridgehead atoms. The fourth-order valence-electron chi connectivity index (χ4n) is 0.884. The van der Waals surface area contributed by atoms with Gasteiger partial charge in [-0.3, -0.25) is 9.69 Å². The molecule has 0 aliphatic heterocycles. The predicted molar refractivity (Wildman–Crippen MR) is 53.7 cm³/mol. The lowest BCUT2D eigenvalue weighted by Gasteiger charge is -2.16. The fourth-order valence-corrected chi connectivity index (χ4v) is 0.963. The minimum Gasteiger partial charge on any atom is -0.465 e. The highest BCUT2D eigenvalue weighted by Gasteiger charge is 2.07. The second-order valence-corrected chi connectivity index (χ2v) is 2.75. The molecule has 0 unspecified atom stereocenters. The third-order valence-corrected chi connectivity index (χ3v) is 1.74. The molecule has 0 spiro atoms. The van der Waals surface area contributed by atoms with E-state index in [0.29, 0.717) is 19.7 Å². The minimum atomic E-state index is -0.188. The third-order valence-electron chi connectivity index (χ3n) is 1.56. The van der Waals surface area contributed by atoms with Gasteiger partial charge in [0, 0.05) is 12.1 Å². The highest BCUT2D eigenvalue weighted by Crippen LogP contribution is 1.91. The summed E-state index contributed by atoms with van der Waals surface area (Å²) in [6.07, 6.45) is 1.80. The number of likely N-dealkylation sites (N-methyl/N-ethyl adjacent to an activating group) is 1. The summed E-state index contributed by atoms with van der Waals surface area (Å²) in [5.74, 6) is -0.188. The minimum absolute atomic E-state index is 0.188. The van der Waals surface area contributed by atoms with Crippen molar-refractivity contribution in [2.24, 2.45) is 0 Å². The summed E-state index contributed by atoms with van der Waals surface area (Å²) in [7, 11) is 0. The molecule has 0 heterocycles. The molecule has 0 aromatic carbocycles. The Morgan fingerprint density at radius 1 is 1.54 bits per heavy atom. The van der Waals surface area contributed by atoms with Gasteiger partial charge in [-0.05, 0) is 13.5 Å². The molecule has 13 heavy (non-hydrogen) atoms. The number of halogens is 1. The van der Waals surface area contributed by atoms with E-state index < -0.39 is 0 Å². The molecule has 0 N–H and O–H groups in total. The number of rotatable bonds is 6. The molecule has 0 saturated heterocycles. The van der Waals surface area contributed by atoms with Crippen molar-refractivity contribution >= 4 is 17.6 Å². The second kappa shape index (κ2) is 8.08. The molecule has 3 nitrogen and oxygen atoms in total. The highest BCUT2D eigenvalue weighted by molar-refractivity contribution is 6.25. The Balaban J connectivity index is 3.75. The van der Waals surface area contributed by atoms with Crippen molar-refractivity contribution in [1.29, 1.82) is 0 Å². The van der Waals surface area contributed by atoms with Crippen molar-refractivity contribution in [1.82, 2.24) is 4.90 Å². The summed E-state index contributed by atoms with van der Waals surface area (Å²) in [5.41, 5.74) is 1.45. The van der Waals surface area contributed by atoms with Crippen LogP contribution in [0.2, 0.25) is 0 Å². The summed E-state index contributed by atoms with van der Waals surface area (Å²) in [4.78, 5) is 13.0. The number of hydrogen-bond donors (Lipinski definition) is 0. The number of nitrogens with zero attached hydrogens (tertiary/aromatic N) is 1. The first kappa shape index (κ1) is 12.5. The van der Waals surface area contributed by atoms with Crippen LogP contribution in [0.1, 0.15) is 13.8 Å². The van der Waals surface area contributed by atoms with Crippen molar-refractivity contribution in [3.63, 3.8) is 0 Å². The second-order valence-electron chi connectivity index (χ2n) is 2.49. The SMILES string of the molecule is CCOC(=O)CN(CC)CC=CCl. The van der Waals surface area contributed by atoms with Crippen LogP contribution >= 0.6 is 11.6 Å². The number of carbonyl (C=O) groups excluding carboxylic acids is 1. The van der Waals surface area contributed by atoms with Gasteiger partial charge >= 0.3 is 5.97 Å². The van der Waals surface area contributed by atoms with Gasteiger partial charge in [-0.15, -0.1) is 0 Å². The maximum absolute atomic E-state index is 11.1. The smallest absolute Gasteiger partial charge is 0.320 e. The first-order valence-electron chi connectivity index (χ1n) is 4.37. The summed E-state index contributed by atoms with van der Waals surface area (Å²) in [5, 5.41) is 0. The van der Waals surface area contributed by atoms with Crippen molar-refractivity contribution in [2.45, 2.75) is 13.8 Å². The van der Waals surface area contributed by atoms with Gasteiger partial charge in [0.05, 0.1) is 13.2 Å². The quantitative estimate of drug-likeness (QED) is 0.618. The zero-order valence-electron chi connectivity index (χ0n) is 8.12. The van der Waals surface area contributed by atoms with Crippen LogP contribution < -0.4 is 0 Å². The Bertz CT molecular complexity index is 171. The highest BCUT2D eigenvalue weighted by atomic mass is 35.5. The van der Waals surface area contributed by atoms with Crippen molar-refractivity contribution in [3.8, 4) is 0 Å². The van der Waals surface area contributed by atoms with Crippen LogP contribution in [0.25, 0.3) is 0 Å². The van der Waals surface area contributed by atoms with E-state index in [9.17, 15) is 4.79 Å². The number of carbonyl (C=O) groups is 1. The summed E-state index contributed by atoms with van der Waals surface area (Å²) in [6.45, 7) is 6.03. The Morgan fingerprint density at radius 3 is 2.69 bits per heavy atom. The molecule has 0 aromatic heterocycles. The van der Waals surface area contributed by atoms with Crippen molar-refractivity contribution in [3.05, 3.63) is 11.6 Å². The zero-order valence-corrected chi connectivity index (χ0v) is 8.88. The van der Waals surface area contributed by atoms with E-state index in [1.165, 1.54) is 5.54 Å². The number of hydrogen-bond acceptors (Lipinski definition) is 3. The van der Waals surface area contributed by atoms with Crippen molar-refractivity contribution in [2.75, 3.05) is 26.2 Å². The first-order valence-corrected chi connectivity index (χ1v) is 4.81. The van der Waals surface area contributed by atoms with Gasteiger partial charge < -0.3 is 4.74 Å². The molecule has 0 amide bonds. The molecule has 4 heteroatoms. The molecule has 0 aromatic rings. The predicted octanol–water partition coefficient (Wildman–Crippen LogP) is 1.62. The lowest BCUT2D eigenvalue weighted by Crippen LogP contribution is -2.31. The van der Waals surface area contributed by atoms with Gasteiger partial charge in [0.25, 0.3) is 0 Å². The molecule has 0 radical (unpaired) electrons. The van der Waals surface area contributed by atoms with Crippen LogP contribution in [0.3, 0.4) is 0 Å². The standard InChI is InChI=1S/C9H16ClNO2/c1-3-11(7-5-6-10)8-9(12)13-4-2/h5-6H,3-4,7-8H2,1-2H3. The third kappa shape index (κ3) is 6.61. The molecular formula is C9H16ClNO2. The molecule has 0 aliphatic carbocycles. The average Bonchev–Trinajstić information content (AvgIpc) is 2.12. The monoisotopic (exact) mass is 205 g/mol. The van der Waals surface area contributed by atoms with Gasteiger partial charge in [-0.25, -0.2) is 0 Å². The molecule has 0 fully saturated rings. The maximum Gasteiger partial charge on any atom is 0.320 e. The summed E-state index contributed by atoms with van der Waals surface area (Å²) in [6, 6.07) is 0. The topological polar surface area (TPSA) is 29.5 Å². The number of esters is 1. The average molecular weight is 206 g/mol. The zero-order chi connectivity index (χ0) is 10.1. The Kier molecular flexibility index (Phi) is 7.74. The molecule has 0 rings (SSSR count). The van der Waals surface area contributed by atoms with E-state index in [2.05, 4.69) is 0 Å². The van der Waals surface area contributed by atoms with E-state index in [4.69, 9.17) is 16.3 Å². The largest absolute Gasteiger partial charge is 0.465 e. The van der Waals surface area contributed by atoms with Gasteiger partial charge in [-0.2, -0.15) is 0 Å². The normalized spacial score (nSPS) is 11.1. The van der Waals surface area contributed by atoms with E-state index >= 15 is 0 Å². The molecule has 0 atom stereocenters. The van der Waals surface area contributed by atoms with Crippen LogP contribution in [0.4, 0.5) is 0 Å². The molecule has 76 valence electrons. The number of ether oxygens (including phenoxy) is 1. The molecular weight excluding hydrogens is 190 g/mol.